The number of hydrogen-bond donors (Lipinski definition) is 2. The Labute approximate surface area is 155 Å². The van der Waals surface area contributed by atoms with E-state index in [-0.39, 0.29) is 24.0 Å². The Morgan fingerprint density at radius 1 is 1.26 bits per heavy atom. The van der Waals surface area contributed by atoms with Crippen molar-refractivity contribution in [3.8, 4) is 11.5 Å². The average molecular weight is 435 g/mol. The zero-order valence-corrected chi connectivity index (χ0v) is 16.3. The topological polar surface area (TPSA) is 78.1 Å². The van der Waals surface area contributed by atoms with Crippen LogP contribution in [0.5, 0.6) is 11.5 Å². The Balaban J connectivity index is 0.00000484. The molecule has 0 spiro atoms. The molecule has 0 saturated carbocycles. The van der Waals surface area contributed by atoms with Crippen molar-refractivity contribution >= 4 is 29.9 Å². The first-order valence-corrected chi connectivity index (χ1v) is 7.03. The van der Waals surface area contributed by atoms with E-state index in [0.717, 1.165) is 11.1 Å². The number of benzene rings is 1. The van der Waals surface area contributed by atoms with Gasteiger partial charge in [0.15, 0.2) is 17.5 Å². The van der Waals surface area contributed by atoms with E-state index in [1.165, 1.54) is 0 Å². The molecule has 0 heterocycles. The van der Waals surface area contributed by atoms with Crippen LogP contribution in [0, 0.1) is 0 Å². The van der Waals surface area contributed by atoms with Gasteiger partial charge in [0, 0.05) is 6.54 Å². The summed E-state index contributed by atoms with van der Waals surface area (Å²) in [5.74, 6) is 1.75. The van der Waals surface area contributed by atoms with Gasteiger partial charge in [-0.3, -0.25) is 0 Å². The molecule has 0 amide bonds. The van der Waals surface area contributed by atoms with E-state index in [1.807, 2.05) is 25.1 Å². The summed E-state index contributed by atoms with van der Waals surface area (Å²) in [6.07, 6.45) is 0. The molecule has 3 N–H and O–H groups in total. The minimum Gasteiger partial charge on any atom is -0.493 e. The molecule has 0 aliphatic carbocycles. The van der Waals surface area contributed by atoms with Crippen molar-refractivity contribution in [2.45, 2.75) is 13.5 Å². The van der Waals surface area contributed by atoms with Gasteiger partial charge >= 0.3 is 0 Å². The first-order valence-electron chi connectivity index (χ1n) is 7.03. The lowest BCUT2D eigenvalue weighted by atomic mass is 10.2. The van der Waals surface area contributed by atoms with Gasteiger partial charge in [0.1, 0.15) is 0 Å². The monoisotopic (exact) mass is 435 g/mol. The maximum absolute atomic E-state index is 5.80. The second-order valence-corrected chi connectivity index (χ2v) is 4.83. The molecule has 1 aromatic carbocycles. The zero-order chi connectivity index (χ0) is 16.4. The molecule has 7 heteroatoms. The molecular weight excluding hydrogens is 409 g/mol. The summed E-state index contributed by atoms with van der Waals surface area (Å²) in [5.41, 5.74) is 7.78. The van der Waals surface area contributed by atoms with Crippen LogP contribution >= 0.6 is 24.0 Å². The fourth-order valence-corrected chi connectivity index (χ4v) is 1.71. The minimum absolute atomic E-state index is 0. The van der Waals surface area contributed by atoms with E-state index in [1.54, 1.807) is 14.2 Å². The Morgan fingerprint density at radius 3 is 2.57 bits per heavy atom. The van der Waals surface area contributed by atoms with E-state index in [4.69, 9.17) is 19.9 Å². The molecule has 0 unspecified atom stereocenters. The minimum atomic E-state index is 0. The molecule has 0 bridgehead atoms. The van der Waals surface area contributed by atoms with Gasteiger partial charge in [-0.25, -0.2) is 4.99 Å². The second kappa shape index (κ2) is 12.0. The molecule has 6 nitrogen and oxygen atoms in total. The lowest BCUT2D eigenvalue weighted by Crippen LogP contribution is -2.34. The molecule has 0 aliphatic rings. The molecule has 130 valence electrons. The number of rotatable bonds is 9. The Hall–Kier alpha value is -1.48. The van der Waals surface area contributed by atoms with Gasteiger partial charge in [0.2, 0.25) is 0 Å². The summed E-state index contributed by atoms with van der Waals surface area (Å²) in [7, 11) is 3.21. The quantitative estimate of drug-likeness (QED) is 0.205. The third-order valence-electron chi connectivity index (χ3n) is 2.78. The molecule has 23 heavy (non-hydrogen) atoms. The van der Waals surface area contributed by atoms with Crippen molar-refractivity contribution in [1.29, 1.82) is 0 Å². The first kappa shape index (κ1) is 21.5. The number of hydrogen-bond acceptors (Lipinski definition) is 4. The van der Waals surface area contributed by atoms with Crippen LogP contribution in [-0.4, -0.2) is 39.9 Å². The molecule has 0 aromatic heterocycles. The molecule has 0 aliphatic heterocycles. The van der Waals surface area contributed by atoms with E-state index in [2.05, 4.69) is 16.9 Å². The maximum Gasteiger partial charge on any atom is 0.188 e. The number of methoxy groups -OCH3 is 2. The highest BCUT2D eigenvalue weighted by Crippen LogP contribution is 2.27. The normalized spacial score (nSPS) is 10.7. The largest absolute Gasteiger partial charge is 0.493 e. The van der Waals surface area contributed by atoms with Gasteiger partial charge in [-0.2, -0.15) is 0 Å². The van der Waals surface area contributed by atoms with Crippen molar-refractivity contribution in [2.24, 2.45) is 10.7 Å². The number of guanidine groups is 1. The second-order valence-electron chi connectivity index (χ2n) is 4.83. The summed E-state index contributed by atoms with van der Waals surface area (Å²) in [4.78, 5) is 4.27. The van der Waals surface area contributed by atoms with Crippen LogP contribution in [0.4, 0.5) is 0 Å². The number of nitrogens with zero attached hydrogens (tertiary/aromatic N) is 1. The molecule has 0 saturated heterocycles. The van der Waals surface area contributed by atoms with Crippen LogP contribution in [0.15, 0.2) is 35.3 Å². The van der Waals surface area contributed by atoms with E-state index < -0.39 is 0 Å². The highest BCUT2D eigenvalue weighted by Gasteiger charge is 2.04. The fourth-order valence-electron chi connectivity index (χ4n) is 1.71. The summed E-state index contributed by atoms with van der Waals surface area (Å²) in [6, 6.07) is 5.65. The molecule has 1 rings (SSSR count). The van der Waals surface area contributed by atoms with Crippen LogP contribution in [0.2, 0.25) is 0 Å². The highest BCUT2D eigenvalue weighted by atomic mass is 127. The van der Waals surface area contributed by atoms with E-state index >= 15 is 0 Å². The molecule has 0 fully saturated rings. The number of halogens is 1. The Morgan fingerprint density at radius 2 is 1.96 bits per heavy atom. The van der Waals surface area contributed by atoms with Gasteiger partial charge in [-0.1, -0.05) is 18.2 Å². The van der Waals surface area contributed by atoms with Crippen molar-refractivity contribution in [1.82, 2.24) is 5.32 Å². The van der Waals surface area contributed by atoms with Crippen LogP contribution < -0.4 is 20.5 Å². The summed E-state index contributed by atoms with van der Waals surface area (Å²) in [6.45, 7) is 7.87. The summed E-state index contributed by atoms with van der Waals surface area (Å²) < 4.78 is 15.8. The molecule has 0 radical (unpaired) electrons. The van der Waals surface area contributed by atoms with Crippen molar-refractivity contribution in [3.63, 3.8) is 0 Å². The number of ether oxygens (including phenoxy) is 3. The van der Waals surface area contributed by atoms with Gasteiger partial charge in [-0.15, -0.1) is 24.0 Å². The van der Waals surface area contributed by atoms with Crippen LogP contribution in [0.1, 0.15) is 12.5 Å². The smallest absolute Gasteiger partial charge is 0.188 e. The predicted octanol–water partition coefficient (Wildman–Crippen LogP) is 2.32. The lowest BCUT2D eigenvalue weighted by Gasteiger charge is -2.09. The van der Waals surface area contributed by atoms with Gasteiger partial charge < -0.3 is 25.3 Å². The number of nitrogens with two attached hydrogens (primary N) is 1. The SMILES string of the molecule is C=C(C)COCCNC(N)=NCc1ccc(OC)c(OC)c1.I. The van der Waals surface area contributed by atoms with Gasteiger partial charge in [0.25, 0.3) is 0 Å². The van der Waals surface area contributed by atoms with Gasteiger partial charge in [-0.05, 0) is 24.6 Å². The molecular formula is C16H26IN3O3. The van der Waals surface area contributed by atoms with Crippen molar-refractivity contribution < 1.29 is 14.2 Å². The molecule has 1 aromatic rings. The standard InChI is InChI=1S/C16H25N3O3.HI/c1-12(2)11-22-8-7-18-16(17)19-10-13-5-6-14(20-3)15(9-13)21-4;/h5-6,9H,1,7-8,10-11H2,2-4H3,(H3,17,18,19);1H. The predicted molar refractivity (Wildman–Crippen MR) is 104 cm³/mol. The Bertz CT molecular complexity index is 521. The lowest BCUT2D eigenvalue weighted by molar-refractivity contribution is 0.161. The number of nitrogens with one attached hydrogen (secondary N) is 1. The Kier molecular flexibility index (Phi) is 11.2. The van der Waals surface area contributed by atoms with Crippen LogP contribution in [0.25, 0.3) is 0 Å². The van der Waals surface area contributed by atoms with E-state index in [0.29, 0.717) is 43.8 Å². The molecule has 0 atom stereocenters. The third-order valence-corrected chi connectivity index (χ3v) is 2.78. The number of aliphatic imine (C=N–C) groups is 1. The maximum atomic E-state index is 5.80. The third kappa shape index (κ3) is 8.65. The highest BCUT2D eigenvalue weighted by molar-refractivity contribution is 14.0. The zero-order valence-electron chi connectivity index (χ0n) is 13.9. The van der Waals surface area contributed by atoms with Crippen molar-refractivity contribution in [3.05, 3.63) is 35.9 Å². The van der Waals surface area contributed by atoms with Crippen LogP contribution in [-0.2, 0) is 11.3 Å². The first-order chi connectivity index (χ1) is 10.6. The van der Waals surface area contributed by atoms with E-state index in [9.17, 15) is 0 Å². The van der Waals surface area contributed by atoms with Gasteiger partial charge in [0.05, 0.1) is 34.0 Å². The van der Waals surface area contributed by atoms with Crippen LogP contribution in [0.3, 0.4) is 0 Å². The average Bonchev–Trinajstić information content (AvgIpc) is 2.51. The summed E-state index contributed by atoms with van der Waals surface area (Å²) >= 11 is 0. The van der Waals surface area contributed by atoms with Crippen molar-refractivity contribution in [2.75, 3.05) is 34.0 Å². The fraction of sp³-hybridized carbons (Fsp3) is 0.438. The summed E-state index contributed by atoms with van der Waals surface area (Å²) in [5, 5.41) is 2.99.